The second-order valence-electron chi connectivity index (χ2n) is 3.37. The number of hydrogen-bond acceptors (Lipinski definition) is 4. The molecule has 0 aliphatic carbocycles. The van der Waals surface area contributed by atoms with Crippen LogP contribution >= 0.6 is 26.6 Å². The Balaban J connectivity index is 0.000000386. The normalized spacial score (nSPS) is 18.5. The predicted octanol–water partition coefficient (Wildman–Crippen LogP) is 2.31. The van der Waals surface area contributed by atoms with E-state index in [2.05, 4.69) is 62.1 Å². The molecule has 2 aliphatic rings. The minimum atomic E-state index is 0.208. The van der Waals surface area contributed by atoms with E-state index in [9.17, 15) is 0 Å². The summed E-state index contributed by atoms with van der Waals surface area (Å²) in [6.45, 7) is 4.97. The van der Waals surface area contributed by atoms with Gasteiger partial charge in [-0.15, -0.1) is 0 Å². The van der Waals surface area contributed by atoms with E-state index in [1.165, 1.54) is 0 Å². The molecule has 2 heterocycles. The van der Waals surface area contributed by atoms with Gasteiger partial charge in [-0.25, -0.2) is 0 Å². The minimum absolute atomic E-state index is 0.208. The first-order valence-corrected chi connectivity index (χ1v) is 14.4. The van der Waals surface area contributed by atoms with E-state index in [4.69, 9.17) is 0 Å². The average Bonchev–Trinajstić information content (AvgIpc) is 2.78. The standard InChI is InChI=1S/C9H14N4.2BrH.Pt/c1-10-3-5-12(7-10)9-13-6-4-11(2)8-13;;;/h3-8H,9H2,1-2H3;2*1H;/q-2;;;+4/p-2. The van der Waals surface area contributed by atoms with E-state index < -0.39 is 0 Å². The summed E-state index contributed by atoms with van der Waals surface area (Å²) in [5.74, 6) is 0. The monoisotopic (exact) mass is 531 g/mol. The zero-order chi connectivity index (χ0) is 12.0. The van der Waals surface area contributed by atoms with E-state index in [-0.39, 0.29) is 14.5 Å². The summed E-state index contributed by atoms with van der Waals surface area (Å²) in [6.07, 6.45) is 8.17. The molecule has 2 aliphatic heterocycles. The number of rotatable bonds is 2. The van der Waals surface area contributed by atoms with Crippen molar-refractivity contribution < 1.29 is 14.5 Å². The van der Waals surface area contributed by atoms with Crippen molar-refractivity contribution in [3.05, 3.63) is 38.1 Å². The molecule has 94 valence electrons. The molecule has 7 heteroatoms. The van der Waals surface area contributed by atoms with E-state index >= 15 is 0 Å². The summed E-state index contributed by atoms with van der Waals surface area (Å²) >= 11 is 6.56. The summed E-state index contributed by atoms with van der Waals surface area (Å²) < 4.78 is 0. The molecule has 0 fully saturated rings. The number of nitrogens with zero attached hydrogens (tertiary/aromatic N) is 4. The van der Waals surface area contributed by atoms with Crippen molar-refractivity contribution in [2.75, 3.05) is 20.8 Å². The van der Waals surface area contributed by atoms with E-state index in [1.807, 2.05) is 36.3 Å². The van der Waals surface area contributed by atoms with Gasteiger partial charge in [0.15, 0.2) is 0 Å². The quantitative estimate of drug-likeness (QED) is 0.506. The second-order valence-corrected chi connectivity index (χ2v) is 13.3. The third-order valence-corrected chi connectivity index (χ3v) is 1.97. The molecule has 0 saturated heterocycles. The van der Waals surface area contributed by atoms with Gasteiger partial charge in [0, 0.05) is 6.67 Å². The van der Waals surface area contributed by atoms with Gasteiger partial charge in [-0.05, 0) is 38.9 Å². The van der Waals surface area contributed by atoms with Crippen LogP contribution in [0.5, 0.6) is 0 Å². The van der Waals surface area contributed by atoms with Crippen LogP contribution in [0, 0.1) is 13.3 Å². The Morgan fingerprint density at radius 2 is 1.31 bits per heavy atom. The molecule has 0 unspecified atom stereocenters. The zero-order valence-electron chi connectivity index (χ0n) is 9.03. The Bertz CT molecular complexity index is 238. The Morgan fingerprint density at radius 3 is 1.56 bits per heavy atom. The van der Waals surface area contributed by atoms with Crippen LogP contribution < -0.4 is 0 Å². The van der Waals surface area contributed by atoms with Crippen LogP contribution in [-0.2, 0) is 14.5 Å². The van der Waals surface area contributed by atoms with Crippen LogP contribution in [0.2, 0.25) is 0 Å². The molecule has 4 nitrogen and oxygen atoms in total. The average molecular weight is 533 g/mol. The van der Waals surface area contributed by atoms with Crippen LogP contribution in [0.4, 0.5) is 0 Å². The molecule has 0 bridgehead atoms. The Hall–Kier alpha value is 0.328. The van der Waals surface area contributed by atoms with Gasteiger partial charge in [0.25, 0.3) is 0 Å². The molecule has 0 N–H and O–H groups in total. The van der Waals surface area contributed by atoms with E-state index in [1.54, 1.807) is 0 Å². The third kappa shape index (κ3) is 5.11. The third-order valence-electron chi connectivity index (χ3n) is 1.97. The van der Waals surface area contributed by atoms with Gasteiger partial charge in [-0.1, -0.05) is 0 Å². The Kier molecular flexibility index (Phi) is 6.85. The number of halogens is 2. The summed E-state index contributed by atoms with van der Waals surface area (Å²) in [7, 11) is 4.04. The molecule has 16 heavy (non-hydrogen) atoms. The first-order valence-electron chi connectivity index (χ1n) is 4.50. The maximum atomic E-state index is 3.17. The van der Waals surface area contributed by atoms with Gasteiger partial charge in [-0.3, -0.25) is 0 Å². The fourth-order valence-electron chi connectivity index (χ4n) is 1.36. The van der Waals surface area contributed by atoms with E-state index in [0.29, 0.717) is 0 Å². The molecule has 0 saturated carbocycles. The van der Waals surface area contributed by atoms with Crippen LogP contribution in [0.25, 0.3) is 0 Å². The molecule has 2 rings (SSSR count). The van der Waals surface area contributed by atoms with Gasteiger partial charge < -0.3 is 19.6 Å². The molecule has 0 radical (unpaired) electrons. The van der Waals surface area contributed by atoms with Gasteiger partial charge >= 0.3 is 41.0 Å². The molecule has 0 aromatic heterocycles. The van der Waals surface area contributed by atoms with Crippen LogP contribution in [0.15, 0.2) is 24.8 Å². The maximum absolute atomic E-state index is 3.17. The summed E-state index contributed by atoms with van der Waals surface area (Å²) in [5.41, 5.74) is 0. The van der Waals surface area contributed by atoms with Gasteiger partial charge in [0.1, 0.15) is 0 Å². The molecule has 0 aromatic carbocycles. The molecular formula is C9H14Br2N4Pt. The first kappa shape index (κ1) is 14.4. The van der Waals surface area contributed by atoms with Crippen molar-refractivity contribution >= 4 is 26.6 Å². The van der Waals surface area contributed by atoms with Crippen molar-refractivity contribution in [2.45, 2.75) is 0 Å². The molecule has 0 spiro atoms. The first-order chi connectivity index (χ1) is 7.65. The predicted molar refractivity (Wildman–Crippen MR) is 68.8 cm³/mol. The summed E-state index contributed by atoms with van der Waals surface area (Å²) in [4.78, 5) is 8.31. The summed E-state index contributed by atoms with van der Waals surface area (Å²) in [5, 5.41) is 0. The molecule has 0 atom stereocenters. The zero-order valence-corrected chi connectivity index (χ0v) is 14.5. The van der Waals surface area contributed by atoms with Crippen molar-refractivity contribution in [1.29, 1.82) is 0 Å². The van der Waals surface area contributed by atoms with Crippen molar-refractivity contribution in [1.82, 2.24) is 19.6 Å². The molecular weight excluding hydrogens is 519 g/mol. The Labute approximate surface area is 119 Å². The fraction of sp³-hybridized carbons (Fsp3) is 0.333. The van der Waals surface area contributed by atoms with Crippen LogP contribution in [0.1, 0.15) is 0 Å². The topological polar surface area (TPSA) is 13.0 Å². The number of hydrogen-bond donors (Lipinski definition) is 0. The van der Waals surface area contributed by atoms with Crippen LogP contribution in [0.3, 0.4) is 0 Å². The van der Waals surface area contributed by atoms with Crippen LogP contribution in [-0.4, -0.2) is 40.4 Å². The summed E-state index contributed by atoms with van der Waals surface area (Å²) in [6, 6.07) is 0. The Morgan fingerprint density at radius 1 is 0.938 bits per heavy atom. The SMILES string of the molecule is CN1C=CN(CN2C=CN(C)[CH-]2)[CH-]1.[Br][Pt+2][Br]. The fourth-order valence-corrected chi connectivity index (χ4v) is 1.36. The van der Waals surface area contributed by atoms with Gasteiger partial charge in [-0.2, -0.15) is 13.3 Å². The molecule has 0 aromatic rings. The van der Waals surface area contributed by atoms with Crippen molar-refractivity contribution in [3.8, 4) is 0 Å². The van der Waals surface area contributed by atoms with Crippen molar-refractivity contribution in [3.63, 3.8) is 0 Å². The van der Waals surface area contributed by atoms with Gasteiger partial charge in [0.05, 0.1) is 0 Å². The van der Waals surface area contributed by atoms with E-state index in [0.717, 1.165) is 6.67 Å². The second kappa shape index (κ2) is 7.62. The van der Waals surface area contributed by atoms with Crippen molar-refractivity contribution in [2.24, 2.45) is 0 Å². The van der Waals surface area contributed by atoms with Gasteiger partial charge in [0.2, 0.25) is 0 Å². The molecule has 0 amide bonds.